The van der Waals surface area contributed by atoms with Crippen LogP contribution in [-0.4, -0.2) is 24.9 Å². The van der Waals surface area contributed by atoms with Crippen molar-refractivity contribution in [2.75, 3.05) is 0 Å². The van der Waals surface area contributed by atoms with E-state index in [0.29, 0.717) is 33.6 Å². The monoisotopic (exact) mass is 470 g/mol. The molecule has 5 aromatic carbocycles. The van der Waals surface area contributed by atoms with Crippen molar-refractivity contribution in [3.63, 3.8) is 0 Å². The van der Waals surface area contributed by atoms with Crippen molar-refractivity contribution in [3.8, 4) is 56.6 Å². The predicted octanol–water partition coefficient (Wildman–Crippen LogP) is 7.14. The lowest BCUT2D eigenvalue weighted by Gasteiger charge is -2.14. The summed E-state index contributed by atoms with van der Waals surface area (Å²) in [5.74, 6) is 0.937. The molecule has 0 radical (unpaired) electrons. The molecule has 0 aliphatic carbocycles. The summed E-state index contributed by atoms with van der Waals surface area (Å²) in [5.41, 5.74) is 5.58. The zero-order chi connectivity index (χ0) is 24.6. The molecule has 0 unspecified atom stereocenters. The van der Waals surface area contributed by atoms with Crippen molar-refractivity contribution in [3.05, 3.63) is 115 Å². The highest BCUT2D eigenvalue weighted by Gasteiger charge is 2.23. The Labute approximate surface area is 207 Å². The minimum absolute atomic E-state index is 0.111. The first kappa shape index (κ1) is 21.5. The van der Waals surface area contributed by atoms with Crippen molar-refractivity contribution in [1.29, 1.82) is 0 Å². The van der Waals surface area contributed by atoms with Crippen LogP contribution in [0, 0.1) is 0 Å². The largest absolute Gasteiger partial charge is 0.507 e. The summed E-state index contributed by atoms with van der Waals surface area (Å²) in [6.45, 7) is 0. The number of aromatic hydroxyl groups is 3. The van der Waals surface area contributed by atoms with Crippen molar-refractivity contribution in [2.45, 2.75) is 0 Å². The van der Waals surface area contributed by atoms with Gasteiger partial charge < -0.3 is 15.3 Å². The van der Waals surface area contributed by atoms with Gasteiger partial charge in [-0.2, -0.15) is 0 Å². The molecule has 0 aliphatic rings. The van der Waals surface area contributed by atoms with Crippen LogP contribution < -0.4 is 0 Å². The van der Waals surface area contributed by atoms with E-state index in [1.165, 1.54) is 0 Å². The quantitative estimate of drug-likeness (QED) is 0.256. The number of phenols is 3. The Morgan fingerprint density at radius 3 is 1.61 bits per heavy atom. The molecule has 1 aromatic heterocycles. The lowest BCUT2D eigenvalue weighted by Crippen LogP contribution is -1.97. The van der Waals surface area contributed by atoms with Crippen LogP contribution in [-0.2, 0) is 0 Å². The summed E-state index contributed by atoms with van der Waals surface area (Å²) in [7, 11) is 0. The summed E-state index contributed by atoms with van der Waals surface area (Å²) in [6, 6.07) is 35.1. The van der Waals surface area contributed by atoms with E-state index in [0.717, 1.165) is 16.8 Å². The van der Waals surface area contributed by atoms with Crippen LogP contribution in [0.2, 0.25) is 0 Å². The molecule has 5 heteroatoms. The molecule has 0 spiro atoms. The highest BCUT2D eigenvalue weighted by Crippen LogP contribution is 2.45. The zero-order valence-corrected chi connectivity index (χ0v) is 19.2. The van der Waals surface area contributed by atoms with Gasteiger partial charge in [0.15, 0.2) is 0 Å². The van der Waals surface area contributed by atoms with Crippen LogP contribution in [0.1, 0.15) is 0 Å². The highest BCUT2D eigenvalue weighted by molar-refractivity contribution is 6.04. The number of phenolic OH excluding ortho intramolecular Hbond substituents is 3. The lowest BCUT2D eigenvalue weighted by molar-refractivity contribution is 0.476. The number of fused-ring (bicyclic) bond motifs is 1. The van der Waals surface area contributed by atoms with Gasteiger partial charge in [0, 0.05) is 22.4 Å². The first-order valence-corrected chi connectivity index (χ1v) is 11.6. The second kappa shape index (κ2) is 8.64. The van der Waals surface area contributed by atoms with Gasteiger partial charge >= 0.3 is 0 Å². The minimum atomic E-state index is 0.111. The van der Waals surface area contributed by atoms with E-state index >= 15 is 0 Å². The van der Waals surface area contributed by atoms with E-state index in [1.807, 2.05) is 83.4 Å². The molecule has 3 N–H and O–H groups in total. The van der Waals surface area contributed by atoms with E-state index in [4.69, 9.17) is 4.98 Å². The molecule has 6 rings (SSSR count). The molecule has 0 saturated carbocycles. The molecular weight excluding hydrogens is 448 g/mol. The van der Waals surface area contributed by atoms with E-state index in [1.54, 1.807) is 36.4 Å². The molecule has 36 heavy (non-hydrogen) atoms. The SMILES string of the molecule is Oc1ccccc1-c1ccc2c(nc(-c3ccccc3O)n2-c2ccccc2)c1-c1ccccc1O. The van der Waals surface area contributed by atoms with Gasteiger partial charge in [-0.25, -0.2) is 4.98 Å². The van der Waals surface area contributed by atoms with Crippen molar-refractivity contribution in [2.24, 2.45) is 0 Å². The van der Waals surface area contributed by atoms with Crippen LogP contribution in [0.5, 0.6) is 17.2 Å². The summed E-state index contributed by atoms with van der Waals surface area (Å²) in [4.78, 5) is 5.06. The van der Waals surface area contributed by atoms with Gasteiger partial charge in [0.1, 0.15) is 23.1 Å². The Kier molecular flexibility index (Phi) is 5.16. The van der Waals surface area contributed by atoms with Crippen LogP contribution in [0.25, 0.3) is 50.4 Å². The van der Waals surface area contributed by atoms with E-state index in [2.05, 4.69) is 0 Å². The molecule has 1 heterocycles. The number of para-hydroxylation sites is 4. The Morgan fingerprint density at radius 1 is 0.472 bits per heavy atom. The maximum absolute atomic E-state index is 10.9. The van der Waals surface area contributed by atoms with Crippen LogP contribution in [0.15, 0.2) is 115 Å². The standard InChI is InChI=1S/C31H22N2O3/c34-26-15-7-4-12-21(26)22-18-19-25-30(29(22)23-13-5-8-16-27(23)35)32-31(24-14-6-9-17-28(24)36)33(25)20-10-2-1-3-11-20/h1-19,34-36H. The van der Waals surface area contributed by atoms with E-state index in [9.17, 15) is 15.3 Å². The molecule has 0 bridgehead atoms. The maximum Gasteiger partial charge on any atom is 0.149 e. The lowest BCUT2D eigenvalue weighted by atomic mass is 9.92. The molecule has 0 aliphatic heterocycles. The third-order valence-electron chi connectivity index (χ3n) is 6.35. The first-order valence-electron chi connectivity index (χ1n) is 11.6. The Bertz CT molecular complexity index is 1720. The molecule has 174 valence electrons. The van der Waals surface area contributed by atoms with Crippen molar-refractivity contribution < 1.29 is 15.3 Å². The van der Waals surface area contributed by atoms with Gasteiger partial charge in [-0.15, -0.1) is 0 Å². The van der Waals surface area contributed by atoms with Gasteiger partial charge in [-0.05, 0) is 48.0 Å². The van der Waals surface area contributed by atoms with Gasteiger partial charge in [0.05, 0.1) is 16.6 Å². The van der Waals surface area contributed by atoms with Crippen LogP contribution in [0.4, 0.5) is 0 Å². The fourth-order valence-electron chi connectivity index (χ4n) is 4.71. The molecule has 5 nitrogen and oxygen atoms in total. The van der Waals surface area contributed by atoms with Gasteiger partial charge in [0.2, 0.25) is 0 Å². The van der Waals surface area contributed by atoms with Crippen molar-refractivity contribution >= 4 is 11.0 Å². The average molecular weight is 471 g/mol. The van der Waals surface area contributed by atoms with E-state index in [-0.39, 0.29) is 17.2 Å². The van der Waals surface area contributed by atoms with Gasteiger partial charge in [-0.3, -0.25) is 4.57 Å². The number of aromatic nitrogens is 2. The summed E-state index contributed by atoms with van der Waals surface area (Å²) >= 11 is 0. The molecule has 0 fully saturated rings. The maximum atomic E-state index is 10.9. The fourth-order valence-corrected chi connectivity index (χ4v) is 4.71. The second-order valence-electron chi connectivity index (χ2n) is 8.51. The Hall–Kier alpha value is -5.03. The zero-order valence-electron chi connectivity index (χ0n) is 19.2. The average Bonchev–Trinajstić information content (AvgIpc) is 3.29. The minimum Gasteiger partial charge on any atom is -0.507 e. The Balaban J connectivity index is 1.78. The number of imidazole rings is 1. The summed E-state index contributed by atoms with van der Waals surface area (Å²) in [6.07, 6.45) is 0. The predicted molar refractivity (Wildman–Crippen MR) is 142 cm³/mol. The molecule has 6 aromatic rings. The third kappa shape index (κ3) is 3.46. The molecule has 0 amide bonds. The van der Waals surface area contributed by atoms with E-state index < -0.39 is 0 Å². The number of hydrogen-bond acceptors (Lipinski definition) is 4. The Morgan fingerprint density at radius 2 is 1.00 bits per heavy atom. The van der Waals surface area contributed by atoms with Crippen molar-refractivity contribution in [1.82, 2.24) is 9.55 Å². The van der Waals surface area contributed by atoms with Gasteiger partial charge in [-0.1, -0.05) is 72.8 Å². The van der Waals surface area contributed by atoms with Gasteiger partial charge in [0.25, 0.3) is 0 Å². The smallest absolute Gasteiger partial charge is 0.149 e. The third-order valence-corrected chi connectivity index (χ3v) is 6.35. The molecule has 0 saturated heterocycles. The van der Waals surface area contributed by atoms with Crippen LogP contribution in [0.3, 0.4) is 0 Å². The fraction of sp³-hybridized carbons (Fsp3) is 0. The summed E-state index contributed by atoms with van der Waals surface area (Å²) in [5, 5.41) is 32.3. The van der Waals surface area contributed by atoms with Crippen LogP contribution >= 0.6 is 0 Å². The molecule has 0 atom stereocenters. The topological polar surface area (TPSA) is 78.5 Å². The number of rotatable bonds is 4. The highest BCUT2D eigenvalue weighted by atomic mass is 16.3. The summed E-state index contributed by atoms with van der Waals surface area (Å²) < 4.78 is 2.00. The second-order valence-corrected chi connectivity index (χ2v) is 8.51. The molecular formula is C31H22N2O3. The first-order chi connectivity index (χ1) is 17.6. The number of hydrogen-bond donors (Lipinski definition) is 3. The number of nitrogens with zero attached hydrogens (tertiary/aromatic N) is 2. The normalized spacial score (nSPS) is 11.1. The number of benzene rings is 5.